The Morgan fingerprint density at radius 2 is 1.70 bits per heavy atom. The van der Waals surface area contributed by atoms with Crippen LogP contribution < -0.4 is 11.5 Å². The lowest BCUT2D eigenvalue weighted by atomic mass is 9.77. The molecule has 0 aliphatic carbocycles. The van der Waals surface area contributed by atoms with Crippen LogP contribution in [-0.2, 0) is 12.0 Å². The largest absolute Gasteiger partial charge is 0.320 e. The van der Waals surface area contributed by atoms with Crippen LogP contribution in [0.5, 0.6) is 0 Å². The summed E-state index contributed by atoms with van der Waals surface area (Å²) in [5, 5.41) is 0.363. The van der Waals surface area contributed by atoms with E-state index in [2.05, 4.69) is 4.99 Å². The van der Waals surface area contributed by atoms with E-state index in [4.69, 9.17) is 23.1 Å². The molecule has 1 heterocycles. The lowest BCUT2D eigenvalue weighted by molar-refractivity contribution is 0.408. The van der Waals surface area contributed by atoms with E-state index in [0.29, 0.717) is 11.6 Å². The molecular formula is C16H16ClN3. The molecule has 0 amide bonds. The third kappa shape index (κ3) is 2.14. The van der Waals surface area contributed by atoms with Gasteiger partial charge in [-0.25, -0.2) is 4.99 Å². The van der Waals surface area contributed by atoms with Gasteiger partial charge in [-0.05, 0) is 23.6 Å². The number of nitrogens with two attached hydrogens (primary N) is 2. The Morgan fingerprint density at radius 3 is 2.45 bits per heavy atom. The van der Waals surface area contributed by atoms with Gasteiger partial charge in [0.25, 0.3) is 0 Å². The van der Waals surface area contributed by atoms with E-state index in [0.717, 1.165) is 16.8 Å². The average Bonchev–Trinajstić information content (AvgIpc) is 2.46. The molecule has 4 heteroatoms. The van der Waals surface area contributed by atoms with Crippen molar-refractivity contribution in [2.45, 2.75) is 18.0 Å². The predicted molar refractivity (Wildman–Crippen MR) is 83.4 cm³/mol. The van der Waals surface area contributed by atoms with Crippen LogP contribution in [0.1, 0.15) is 11.1 Å². The van der Waals surface area contributed by atoms with Crippen LogP contribution in [0.15, 0.2) is 59.6 Å². The van der Waals surface area contributed by atoms with Gasteiger partial charge >= 0.3 is 0 Å². The number of hydrogen-bond acceptors (Lipinski definition) is 3. The fourth-order valence-corrected chi connectivity index (χ4v) is 2.95. The summed E-state index contributed by atoms with van der Waals surface area (Å²) >= 11 is 6.19. The summed E-state index contributed by atoms with van der Waals surface area (Å²) in [6, 6.07) is 17.3. The van der Waals surface area contributed by atoms with Gasteiger partial charge in [0.1, 0.15) is 5.17 Å². The van der Waals surface area contributed by atoms with Crippen molar-refractivity contribution in [3.05, 3.63) is 65.7 Å². The normalized spacial score (nSPS) is 24.9. The molecule has 20 heavy (non-hydrogen) atoms. The van der Waals surface area contributed by atoms with Crippen molar-refractivity contribution in [2.75, 3.05) is 0 Å². The highest BCUT2D eigenvalue weighted by Crippen LogP contribution is 2.38. The van der Waals surface area contributed by atoms with Crippen LogP contribution in [-0.4, -0.2) is 11.2 Å². The summed E-state index contributed by atoms with van der Waals surface area (Å²) in [7, 11) is 0. The first-order chi connectivity index (χ1) is 9.61. The highest BCUT2D eigenvalue weighted by atomic mass is 35.5. The van der Waals surface area contributed by atoms with Crippen molar-refractivity contribution in [3.8, 4) is 0 Å². The van der Waals surface area contributed by atoms with Gasteiger partial charge in [0.2, 0.25) is 0 Å². The van der Waals surface area contributed by atoms with Crippen LogP contribution in [0.25, 0.3) is 0 Å². The minimum absolute atomic E-state index is 0.363. The molecule has 3 nitrogen and oxygen atoms in total. The molecule has 0 radical (unpaired) electrons. The minimum atomic E-state index is -0.739. The van der Waals surface area contributed by atoms with Crippen molar-refractivity contribution in [1.29, 1.82) is 0 Å². The summed E-state index contributed by atoms with van der Waals surface area (Å²) in [6.45, 7) is 0. The zero-order valence-electron chi connectivity index (χ0n) is 11.0. The zero-order valence-corrected chi connectivity index (χ0v) is 11.7. The van der Waals surface area contributed by atoms with Crippen LogP contribution in [0.4, 0.5) is 5.69 Å². The van der Waals surface area contributed by atoms with E-state index in [1.165, 1.54) is 0 Å². The van der Waals surface area contributed by atoms with Crippen molar-refractivity contribution in [3.63, 3.8) is 0 Å². The van der Waals surface area contributed by atoms with E-state index < -0.39 is 11.6 Å². The third-order valence-corrected chi connectivity index (χ3v) is 4.10. The number of aliphatic imine (C=N–C) groups is 1. The number of halogens is 1. The van der Waals surface area contributed by atoms with Crippen molar-refractivity contribution < 1.29 is 0 Å². The summed E-state index contributed by atoms with van der Waals surface area (Å²) in [4.78, 5) is 4.34. The molecule has 2 aromatic rings. The highest BCUT2D eigenvalue weighted by Gasteiger charge is 2.41. The number of rotatable bonds is 2. The van der Waals surface area contributed by atoms with E-state index >= 15 is 0 Å². The molecule has 2 aromatic carbocycles. The molecule has 2 atom stereocenters. The quantitative estimate of drug-likeness (QED) is 0.891. The Morgan fingerprint density at radius 1 is 1.05 bits per heavy atom. The second-order valence-electron chi connectivity index (χ2n) is 5.13. The Kier molecular flexibility index (Phi) is 3.34. The Hall–Kier alpha value is -1.68. The first-order valence-electron chi connectivity index (χ1n) is 6.53. The lowest BCUT2D eigenvalue weighted by Gasteiger charge is -2.38. The summed E-state index contributed by atoms with van der Waals surface area (Å²) in [6.07, 6.45) is 0.623. The summed E-state index contributed by atoms with van der Waals surface area (Å²) in [5.74, 6) is 0. The molecule has 0 saturated heterocycles. The number of para-hydroxylation sites is 1. The maximum Gasteiger partial charge on any atom is 0.125 e. The van der Waals surface area contributed by atoms with E-state index in [1.807, 2.05) is 54.6 Å². The van der Waals surface area contributed by atoms with Crippen molar-refractivity contribution in [2.24, 2.45) is 16.5 Å². The Balaban J connectivity index is 2.09. The van der Waals surface area contributed by atoms with Crippen LogP contribution in [0.2, 0.25) is 0 Å². The first kappa shape index (κ1) is 13.3. The highest BCUT2D eigenvalue weighted by molar-refractivity contribution is 6.67. The lowest BCUT2D eigenvalue weighted by Crippen LogP contribution is -2.58. The average molecular weight is 286 g/mol. The minimum Gasteiger partial charge on any atom is -0.320 e. The van der Waals surface area contributed by atoms with Gasteiger partial charge < -0.3 is 11.5 Å². The maximum atomic E-state index is 6.65. The molecule has 0 spiro atoms. The molecule has 0 saturated carbocycles. The summed E-state index contributed by atoms with van der Waals surface area (Å²) < 4.78 is 0. The summed E-state index contributed by atoms with van der Waals surface area (Å²) in [5.41, 5.74) is 15.0. The smallest absolute Gasteiger partial charge is 0.125 e. The zero-order chi connectivity index (χ0) is 14.2. The second kappa shape index (κ2) is 5.02. The number of hydrogen-bond donors (Lipinski definition) is 2. The topological polar surface area (TPSA) is 64.4 Å². The second-order valence-corrected chi connectivity index (χ2v) is 5.52. The molecular weight excluding hydrogens is 270 g/mol. The van der Waals surface area contributed by atoms with Crippen LogP contribution in [0.3, 0.4) is 0 Å². The molecule has 102 valence electrons. The van der Waals surface area contributed by atoms with Gasteiger partial charge in [-0.15, -0.1) is 0 Å². The van der Waals surface area contributed by atoms with E-state index in [9.17, 15) is 0 Å². The molecule has 0 fully saturated rings. The van der Waals surface area contributed by atoms with Crippen molar-refractivity contribution >= 4 is 22.5 Å². The SMILES string of the molecule is NC1C(Cl)=Nc2ccccc2C1(N)Cc1ccccc1. The van der Waals surface area contributed by atoms with Gasteiger partial charge in [-0.1, -0.05) is 60.1 Å². The third-order valence-electron chi connectivity index (χ3n) is 3.78. The van der Waals surface area contributed by atoms with E-state index in [-0.39, 0.29) is 0 Å². The van der Waals surface area contributed by atoms with Crippen LogP contribution in [0, 0.1) is 0 Å². The van der Waals surface area contributed by atoms with Crippen molar-refractivity contribution in [1.82, 2.24) is 0 Å². The van der Waals surface area contributed by atoms with Gasteiger partial charge in [-0.3, -0.25) is 0 Å². The number of nitrogens with zero attached hydrogens (tertiary/aromatic N) is 1. The fourth-order valence-electron chi connectivity index (χ4n) is 2.67. The molecule has 2 unspecified atom stereocenters. The van der Waals surface area contributed by atoms with Gasteiger partial charge in [0.05, 0.1) is 17.3 Å². The van der Waals surface area contributed by atoms with Gasteiger partial charge in [0, 0.05) is 0 Å². The number of fused-ring (bicyclic) bond motifs is 1. The Labute approximate surface area is 123 Å². The molecule has 4 N–H and O–H groups in total. The van der Waals surface area contributed by atoms with Gasteiger partial charge in [-0.2, -0.15) is 0 Å². The number of benzene rings is 2. The molecule has 1 aliphatic heterocycles. The van der Waals surface area contributed by atoms with Crippen LogP contribution >= 0.6 is 11.6 Å². The van der Waals surface area contributed by atoms with E-state index in [1.54, 1.807) is 0 Å². The standard InChI is InChI=1S/C16H16ClN3/c17-15-14(18)16(19,10-11-6-2-1-3-7-11)12-8-4-5-9-13(12)20-15/h1-9,14H,10,18-19H2. The molecule has 0 bridgehead atoms. The fraction of sp³-hybridized carbons (Fsp3) is 0.188. The predicted octanol–water partition coefficient (Wildman–Crippen LogP) is 2.69. The first-order valence-corrected chi connectivity index (χ1v) is 6.91. The molecule has 1 aliphatic rings. The molecule has 3 rings (SSSR count). The molecule has 0 aromatic heterocycles. The maximum absolute atomic E-state index is 6.65. The van der Waals surface area contributed by atoms with Gasteiger partial charge in [0.15, 0.2) is 0 Å². The Bertz CT molecular complexity index is 654. The monoisotopic (exact) mass is 285 g/mol.